The molecule has 2 aromatic rings. The van der Waals surface area contributed by atoms with Crippen molar-refractivity contribution in [3.8, 4) is 11.3 Å². The standard InChI is InChI=1S/C18H22N2O3/c1-12-4-6-15(7-5-12)17-8-16(19-23-17)9-18(21)20-10-13(2)22-14(3)11-20/h4-8,13-14H,9-11H2,1-3H3. The second-order valence-electron chi connectivity index (χ2n) is 6.28. The Hall–Kier alpha value is -2.14. The fourth-order valence-electron chi connectivity index (χ4n) is 2.90. The van der Waals surface area contributed by atoms with Crippen molar-refractivity contribution in [3.63, 3.8) is 0 Å². The van der Waals surface area contributed by atoms with Crippen molar-refractivity contribution in [1.82, 2.24) is 10.1 Å². The Bertz CT molecular complexity index is 668. The smallest absolute Gasteiger partial charge is 0.228 e. The largest absolute Gasteiger partial charge is 0.372 e. The van der Waals surface area contributed by atoms with Crippen LogP contribution in [0.1, 0.15) is 25.1 Å². The van der Waals surface area contributed by atoms with Gasteiger partial charge in [0, 0.05) is 24.7 Å². The summed E-state index contributed by atoms with van der Waals surface area (Å²) in [4.78, 5) is 14.3. The molecule has 1 aromatic carbocycles. The van der Waals surface area contributed by atoms with Crippen LogP contribution < -0.4 is 0 Å². The molecule has 5 nitrogen and oxygen atoms in total. The Balaban J connectivity index is 1.66. The minimum Gasteiger partial charge on any atom is -0.372 e. The molecule has 0 N–H and O–H groups in total. The Labute approximate surface area is 136 Å². The van der Waals surface area contributed by atoms with E-state index >= 15 is 0 Å². The number of aryl methyl sites for hydroxylation is 1. The van der Waals surface area contributed by atoms with Crippen LogP contribution in [0.2, 0.25) is 0 Å². The summed E-state index contributed by atoms with van der Waals surface area (Å²) < 4.78 is 11.0. The lowest BCUT2D eigenvalue weighted by atomic mass is 10.1. The van der Waals surface area contributed by atoms with Gasteiger partial charge in [-0.05, 0) is 20.8 Å². The van der Waals surface area contributed by atoms with E-state index in [0.717, 1.165) is 5.56 Å². The van der Waals surface area contributed by atoms with Gasteiger partial charge in [-0.2, -0.15) is 0 Å². The third-order valence-electron chi connectivity index (χ3n) is 4.00. The van der Waals surface area contributed by atoms with Crippen molar-refractivity contribution in [3.05, 3.63) is 41.6 Å². The summed E-state index contributed by atoms with van der Waals surface area (Å²) >= 11 is 0. The minimum atomic E-state index is 0.0655. The molecule has 122 valence electrons. The molecule has 1 fully saturated rings. The van der Waals surface area contributed by atoms with E-state index in [1.54, 1.807) is 0 Å². The van der Waals surface area contributed by atoms with Gasteiger partial charge in [0.1, 0.15) is 0 Å². The number of rotatable bonds is 3. The Morgan fingerprint density at radius 1 is 1.22 bits per heavy atom. The molecule has 2 heterocycles. The highest BCUT2D eigenvalue weighted by molar-refractivity contribution is 5.78. The molecular weight excluding hydrogens is 292 g/mol. The van der Waals surface area contributed by atoms with Gasteiger partial charge in [0.05, 0.1) is 24.3 Å². The van der Waals surface area contributed by atoms with Crippen LogP contribution in [0.5, 0.6) is 0 Å². The van der Waals surface area contributed by atoms with E-state index in [1.807, 2.05) is 56.0 Å². The number of aromatic nitrogens is 1. The monoisotopic (exact) mass is 314 g/mol. The van der Waals surface area contributed by atoms with Gasteiger partial charge in [-0.15, -0.1) is 0 Å². The molecule has 1 aromatic heterocycles. The molecule has 2 unspecified atom stereocenters. The highest BCUT2D eigenvalue weighted by Gasteiger charge is 2.26. The predicted molar refractivity (Wildman–Crippen MR) is 87.0 cm³/mol. The van der Waals surface area contributed by atoms with E-state index < -0.39 is 0 Å². The second kappa shape index (κ2) is 6.54. The molecule has 1 aliphatic rings. The number of carbonyl (C=O) groups is 1. The van der Waals surface area contributed by atoms with Crippen LogP contribution >= 0.6 is 0 Å². The predicted octanol–water partition coefficient (Wildman–Crippen LogP) is 2.83. The Kier molecular flexibility index (Phi) is 4.48. The van der Waals surface area contributed by atoms with Gasteiger partial charge in [-0.3, -0.25) is 4.79 Å². The molecule has 2 atom stereocenters. The van der Waals surface area contributed by atoms with Gasteiger partial charge in [-0.1, -0.05) is 35.0 Å². The van der Waals surface area contributed by atoms with Crippen LogP contribution in [0, 0.1) is 6.92 Å². The summed E-state index contributed by atoms with van der Waals surface area (Å²) in [5.74, 6) is 0.757. The summed E-state index contributed by atoms with van der Waals surface area (Å²) in [5.41, 5.74) is 2.83. The number of amides is 1. The van der Waals surface area contributed by atoms with Crippen LogP contribution in [-0.2, 0) is 16.0 Å². The Morgan fingerprint density at radius 2 is 1.87 bits per heavy atom. The van der Waals surface area contributed by atoms with Crippen molar-refractivity contribution in [2.45, 2.75) is 39.4 Å². The van der Waals surface area contributed by atoms with Gasteiger partial charge in [0.2, 0.25) is 5.91 Å². The van der Waals surface area contributed by atoms with Crippen molar-refractivity contribution in [1.29, 1.82) is 0 Å². The number of morpholine rings is 1. The molecule has 0 bridgehead atoms. The molecule has 5 heteroatoms. The third kappa shape index (κ3) is 3.79. The van der Waals surface area contributed by atoms with Gasteiger partial charge < -0.3 is 14.2 Å². The lowest BCUT2D eigenvalue weighted by molar-refractivity contribution is -0.142. The molecule has 0 aliphatic carbocycles. The van der Waals surface area contributed by atoms with Gasteiger partial charge in [0.25, 0.3) is 0 Å². The van der Waals surface area contributed by atoms with Crippen molar-refractivity contribution in [2.24, 2.45) is 0 Å². The lowest BCUT2D eigenvalue weighted by Crippen LogP contribution is -2.48. The fourth-order valence-corrected chi connectivity index (χ4v) is 2.90. The highest BCUT2D eigenvalue weighted by Crippen LogP contribution is 2.21. The van der Waals surface area contributed by atoms with E-state index in [0.29, 0.717) is 24.5 Å². The average Bonchev–Trinajstić information content (AvgIpc) is 2.95. The first-order chi connectivity index (χ1) is 11.0. The second-order valence-corrected chi connectivity index (χ2v) is 6.28. The number of nitrogens with zero attached hydrogens (tertiary/aromatic N) is 2. The zero-order chi connectivity index (χ0) is 16.4. The van der Waals surface area contributed by atoms with Gasteiger partial charge in [-0.25, -0.2) is 0 Å². The minimum absolute atomic E-state index is 0.0655. The van der Waals surface area contributed by atoms with Crippen LogP contribution in [0.15, 0.2) is 34.9 Å². The molecule has 1 saturated heterocycles. The molecule has 0 spiro atoms. The molecule has 1 amide bonds. The maximum absolute atomic E-state index is 12.4. The van der Waals surface area contributed by atoms with Gasteiger partial charge >= 0.3 is 0 Å². The summed E-state index contributed by atoms with van der Waals surface area (Å²) in [6.07, 6.45) is 0.403. The van der Waals surface area contributed by atoms with Crippen molar-refractivity contribution in [2.75, 3.05) is 13.1 Å². The lowest BCUT2D eigenvalue weighted by Gasteiger charge is -2.35. The summed E-state index contributed by atoms with van der Waals surface area (Å²) in [6.45, 7) is 7.28. The van der Waals surface area contributed by atoms with Crippen molar-refractivity contribution >= 4 is 5.91 Å². The first-order valence-corrected chi connectivity index (χ1v) is 7.97. The van der Waals surface area contributed by atoms with Crippen molar-refractivity contribution < 1.29 is 14.1 Å². The Morgan fingerprint density at radius 3 is 2.52 bits per heavy atom. The first-order valence-electron chi connectivity index (χ1n) is 7.97. The van der Waals surface area contributed by atoms with Crippen LogP contribution in [0.3, 0.4) is 0 Å². The number of hydrogen-bond donors (Lipinski definition) is 0. The van der Waals surface area contributed by atoms with E-state index in [4.69, 9.17) is 9.26 Å². The fraction of sp³-hybridized carbons (Fsp3) is 0.444. The molecule has 0 radical (unpaired) electrons. The zero-order valence-corrected chi connectivity index (χ0v) is 13.8. The molecule has 1 aliphatic heterocycles. The summed E-state index contributed by atoms with van der Waals surface area (Å²) in [6, 6.07) is 9.88. The number of ether oxygens (including phenoxy) is 1. The zero-order valence-electron chi connectivity index (χ0n) is 13.8. The van der Waals surface area contributed by atoms with Crippen LogP contribution in [0.25, 0.3) is 11.3 Å². The van der Waals surface area contributed by atoms with E-state index in [-0.39, 0.29) is 24.5 Å². The van der Waals surface area contributed by atoms with Crippen LogP contribution in [0.4, 0.5) is 0 Å². The summed E-state index contributed by atoms with van der Waals surface area (Å²) in [7, 11) is 0. The maximum atomic E-state index is 12.4. The number of carbonyl (C=O) groups excluding carboxylic acids is 1. The normalized spacial score (nSPS) is 21.4. The number of hydrogen-bond acceptors (Lipinski definition) is 4. The SMILES string of the molecule is Cc1ccc(-c2cc(CC(=O)N3CC(C)OC(C)C3)no2)cc1. The summed E-state index contributed by atoms with van der Waals surface area (Å²) in [5, 5.41) is 4.03. The molecule has 23 heavy (non-hydrogen) atoms. The number of benzene rings is 1. The van der Waals surface area contributed by atoms with E-state index in [9.17, 15) is 4.79 Å². The van der Waals surface area contributed by atoms with Crippen LogP contribution in [-0.4, -0.2) is 41.3 Å². The van der Waals surface area contributed by atoms with Gasteiger partial charge in [0.15, 0.2) is 5.76 Å². The first kappa shape index (κ1) is 15.7. The molecular formula is C18H22N2O3. The van der Waals surface area contributed by atoms with E-state index in [2.05, 4.69) is 5.16 Å². The highest BCUT2D eigenvalue weighted by atomic mass is 16.5. The third-order valence-corrected chi connectivity index (χ3v) is 4.00. The average molecular weight is 314 g/mol. The maximum Gasteiger partial charge on any atom is 0.228 e. The van der Waals surface area contributed by atoms with E-state index in [1.165, 1.54) is 5.56 Å². The topological polar surface area (TPSA) is 55.6 Å². The quantitative estimate of drug-likeness (QED) is 0.874. The molecule has 0 saturated carbocycles. The molecule has 3 rings (SSSR count).